The third kappa shape index (κ3) is 2.81. The van der Waals surface area contributed by atoms with E-state index in [1.165, 1.54) is 12.8 Å². The first-order chi connectivity index (χ1) is 8.11. The lowest BCUT2D eigenvalue weighted by Gasteiger charge is -2.43. The minimum atomic E-state index is -0.106. The van der Waals surface area contributed by atoms with Gasteiger partial charge >= 0.3 is 0 Å². The van der Waals surface area contributed by atoms with Crippen molar-refractivity contribution in [2.75, 3.05) is 33.4 Å². The average Bonchev–Trinajstić information content (AvgIpc) is 3.15. The summed E-state index contributed by atoms with van der Waals surface area (Å²) in [4.78, 5) is 2.46. The summed E-state index contributed by atoms with van der Waals surface area (Å²) in [6.45, 7) is 7.26. The van der Waals surface area contributed by atoms with Crippen LogP contribution < -0.4 is 5.32 Å². The summed E-state index contributed by atoms with van der Waals surface area (Å²) >= 11 is 0. The number of nitrogens with zero attached hydrogens (tertiary/aromatic N) is 1. The topological polar surface area (TPSA) is 44.7 Å². The minimum Gasteiger partial charge on any atom is -0.394 e. The van der Waals surface area contributed by atoms with Gasteiger partial charge in [0.05, 0.1) is 24.9 Å². The van der Waals surface area contributed by atoms with Crippen LogP contribution in [0.1, 0.15) is 26.7 Å². The molecule has 0 aromatic carbocycles. The number of aliphatic hydroxyl groups excluding tert-OH is 1. The average molecular weight is 242 g/mol. The molecule has 3 unspecified atom stereocenters. The highest BCUT2D eigenvalue weighted by molar-refractivity contribution is 5.03. The molecule has 0 aromatic heterocycles. The third-order valence-corrected chi connectivity index (χ3v) is 4.36. The molecule has 0 spiro atoms. The number of aliphatic hydroxyl groups is 1. The molecule has 3 atom stereocenters. The highest BCUT2D eigenvalue weighted by Crippen LogP contribution is 2.40. The first kappa shape index (κ1) is 13.3. The maximum absolute atomic E-state index is 9.75. The molecule has 2 N–H and O–H groups in total. The molecule has 2 aliphatic rings. The molecule has 2 rings (SSSR count). The van der Waals surface area contributed by atoms with E-state index in [2.05, 4.69) is 24.1 Å². The summed E-state index contributed by atoms with van der Waals surface area (Å²) in [6.07, 6.45) is 2.80. The molecule has 0 amide bonds. The first-order valence-corrected chi connectivity index (χ1v) is 6.76. The van der Waals surface area contributed by atoms with Crippen molar-refractivity contribution in [2.45, 2.75) is 44.4 Å². The lowest BCUT2D eigenvalue weighted by atomic mass is 9.92. The van der Waals surface area contributed by atoms with Crippen LogP contribution in [0.4, 0.5) is 0 Å². The minimum absolute atomic E-state index is 0.106. The molecule has 1 aliphatic carbocycles. The molecule has 4 nitrogen and oxygen atoms in total. The fraction of sp³-hybridized carbons (Fsp3) is 1.00. The standard InChI is InChI=1S/C13H26N2O2/c1-10-7-17-11(2)6-15(10)8-13(9-16,14-3)12-4-5-12/h10-12,14,16H,4-9H2,1-3H3. The Morgan fingerprint density at radius 1 is 1.41 bits per heavy atom. The molecule has 0 aromatic rings. The Hall–Kier alpha value is -0.160. The maximum atomic E-state index is 9.75. The van der Waals surface area contributed by atoms with Gasteiger partial charge in [-0.05, 0) is 39.7 Å². The molecule has 1 aliphatic heterocycles. The van der Waals surface area contributed by atoms with E-state index in [1.807, 2.05) is 7.05 Å². The van der Waals surface area contributed by atoms with Crippen molar-refractivity contribution in [3.8, 4) is 0 Å². The molecule has 17 heavy (non-hydrogen) atoms. The lowest BCUT2D eigenvalue weighted by molar-refractivity contribution is -0.0634. The van der Waals surface area contributed by atoms with Gasteiger partial charge in [-0.1, -0.05) is 0 Å². The molecule has 4 heteroatoms. The zero-order valence-corrected chi connectivity index (χ0v) is 11.3. The molecule has 1 saturated carbocycles. The van der Waals surface area contributed by atoms with Crippen LogP contribution in [0.3, 0.4) is 0 Å². The first-order valence-electron chi connectivity index (χ1n) is 6.76. The van der Waals surface area contributed by atoms with Crippen LogP contribution in [-0.4, -0.2) is 61.0 Å². The van der Waals surface area contributed by atoms with E-state index in [-0.39, 0.29) is 12.1 Å². The van der Waals surface area contributed by atoms with Crippen LogP contribution in [0.2, 0.25) is 0 Å². The second-order valence-electron chi connectivity index (χ2n) is 5.76. The van der Waals surface area contributed by atoms with E-state index in [9.17, 15) is 5.11 Å². The fourth-order valence-corrected chi connectivity index (χ4v) is 2.86. The second-order valence-corrected chi connectivity index (χ2v) is 5.76. The fourth-order valence-electron chi connectivity index (χ4n) is 2.86. The normalized spacial score (nSPS) is 34.6. The molecular formula is C13H26N2O2. The lowest BCUT2D eigenvalue weighted by Crippen LogP contribution is -2.60. The molecule has 0 bridgehead atoms. The Morgan fingerprint density at radius 3 is 2.65 bits per heavy atom. The summed E-state index contributed by atoms with van der Waals surface area (Å²) < 4.78 is 5.65. The van der Waals surface area contributed by atoms with Crippen molar-refractivity contribution in [3.05, 3.63) is 0 Å². The maximum Gasteiger partial charge on any atom is 0.0674 e. The summed E-state index contributed by atoms with van der Waals surface area (Å²) in [6, 6.07) is 0.448. The van der Waals surface area contributed by atoms with Crippen LogP contribution in [-0.2, 0) is 4.74 Å². The van der Waals surface area contributed by atoms with E-state index in [4.69, 9.17) is 4.74 Å². The molecular weight excluding hydrogens is 216 g/mol. The predicted molar refractivity (Wildman–Crippen MR) is 68.0 cm³/mol. The van der Waals surface area contributed by atoms with Crippen LogP contribution >= 0.6 is 0 Å². The van der Waals surface area contributed by atoms with Gasteiger partial charge in [-0.2, -0.15) is 0 Å². The summed E-state index contributed by atoms with van der Waals surface area (Å²) in [5.41, 5.74) is -0.106. The molecule has 1 heterocycles. The van der Waals surface area contributed by atoms with Crippen molar-refractivity contribution in [2.24, 2.45) is 5.92 Å². The summed E-state index contributed by atoms with van der Waals surface area (Å²) in [7, 11) is 1.98. The summed E-state index contributed by atoms with van der Waals surface area (Å²) in [5.74, 6) is 0.642. The van der Waals surface area contributed by atoms with Gasteiger partial charge in [-0.15, -0.1) is 0 Å². The number of ether oxygens (including phenoxy) is 1. The molecule has 100 valence electrons. The van der Waals surface area contributed by atoms with Gasteiger partial charge in [-0.3, -0.25) is 4.90 Å². The van der Waals surface area contributed by atoms with Crippen molar-refractivity contribution < 1.29 is 9.84 Å². The molecule has 0 radical (unpaired) electrons. The molecule has 1 saturated heterocycles. The van der Waals surface area contributed by atoms with E-state index in [0.29, 0.717) is 18.1 Å². The number of rotatable bonds is 5. The summed E-state index contributed by atoms with van der Waals surface area (Å²) in [5, 5.41) is 13.1. The van der Waals surface area contributed by atoms with E-state index in [1.54, 1.807) is 0 Å². The number of hydrogen-bond acceptors (Lipinski definition) is 4. The van der Waals surface area contributed by atoms with Gasteiger partial charge in [0.1, 0.15) is 0 Å². The van der Waals surface area contributed by atoms with Crippen molar-refractivity contribution in [3.63, 3.8) is 0 Å². The van der Waals surface area contributed by atoms with Gasteiger partial charge in [0, 0.05) is 19.1 Å². The van der Waals surface area contributed by atoms with E-state index >= 15 is 0 Å². The van der Waals surface area contributed by atoms with Crippen LogP contribution in [0, 0.1) is 5.92 Å². The van der Waals surface area contributed by atoms with E-state index < -0.39 is 0 Å². The van der Waals surface area contributed by atoms with Crippen molar-refractivity contribution >= 4 is 0 Å². The largest absolute Gasteiger partial charge is 0.394 e. The predicted octanol–water partition coefficient (Wildman–Crippen LogP) is 0.456. The smallest absolute Gasteiger partial charge is 0.0674 e. The number of likely N-dealkylation sites (N-methyl/N-ethyl adjacent to an activating group) is 1. The van der Waals surface area contributed by atoms with Crippen LogP contribution in [0.5, 0.6) is 0 Å². The number of morpholine rings is 1. The van der Waals surface area contributed by atoms with Gasteiger partial charge in [0.25, 0.3) is 0 Å². The highest BCUT2D eigenvalue weighted by atomic mass is 16.5. The van der Waals surface area contributed by atoms with Gasteiger partial charge < -0.3 is 15.2 Å². The van der Waals surface area contributed by atoms with Gasteiger partial charge in [0.15, 0.2) is 0 Å². The van der Waals surface area contributed by atoms with Gasteiger partial charge in [0.2, 0.25) is 0 Å². The Labute approximate surface area is 104 Å². The number of hydrogen-bond donors (Lipinski definition) is 2. The monoisotopic (exact) mass is 242 g/mol. The van der Waals surface area contributed by atoms with Crippen molar-refractivity contribution in [1.82, 2.24) is 10.2 Å². The second kappa shape index (κ2) is 5.22. The Balaban J connectivity index is 2.01. The van der Waals surface area contributed by atoms with Crippen molar-refractivity contribution in [1.29, 1.82) is 0 Å². The molecule has 2 fully saturated rings. The Morgan fingerprint density at radius 2 is 2.12 bits per heavy atom. The van der Waals surface area contributed by atoms with Crippen LogP contribution in [0.15, 0.2) is 0 Å². The zero-order chi connectivity index (χ0) is 12.5. The van der Waals surface area contributed by atoms with Gasteiger partial charge in [-0.25, -0.2) is 0 Å². The SMILES string of the molecule is CNC(CO)(CN1CC(C)OCC1C)C1CC1. The van der Waals surface area contributed by atoms with Crippen LogP contribution in [0.25, 0.3) is 0 Å². The third-order valence-electron chi connectivity index (χ3n) is 4.36. The quantitative estimate of drug-likeness (QED) is 0.735. The van der Waals surface area contributed by atoms with E-state index in [0.717, 1.165) is 19.7 Å². The highest BCUT2D eigenvalue weighted by Gasteiger charge is 2.45. The zero-order valence-electron chi connectivity index (χ0n) is 11.3. The Bertz CT molecular complexity index is 252. The number of nitrogens with one attached hydrogen (secondary N) is 1. The Kier molecular flexibility index (Phi) is 4.08.